The van der Waals surface area contributed by atoms with Crippen LogP contribution in [0.4, 0.5) is 5.69 Å². The highest BCUT2D eigenvalue weighted by Crippen LogP contribution is 2.37. The van der Waals surface area contributed by atoms with Gasteiger partial charge in [-0.05, 0) is 25.5 Å². The molecule has 0 saturated carbocycles. The summed E-state index contributed by atoms with van der Waals surface area (Å²) in [6.07, 6.45) is 1.49. The molecule has 0 saturated heterocycles. The standard InChI is InChI=1S/C15H21NO2S/c1-3-18-11-9-15(17)16-10-8-12(2)19-14-7-5-4-6-13(14)16/h4-7,12H,3,8-11H2,1-2H3. The number of ether oxygens (including phenoxy) is 1. The van der Waals surface area contributed by atoms with Crippen LogP contribution < -0.4 is 4.90 Å². The van der Waals surface area contributed by atoms with E-state index in [2.05, 4.69) is 13.0 Å². The maximum absolute atomic E-state index is 12.3. The Labute approximate surface area is 119 Å². The predicted molar refractivity (Wildman–Crippen MR) is 79.8 cm³/mol. The van der Waals surface area contributed by atoms with Gasteiger partial charge in [0.1, 0.15) is 0 Å². The third kappa shape index (κ3) is 3.74. The van der Waals surface area contributed by atoms with E-state index < -0.39 is 0 Å². The van der Waals surface area contributed by atoms with Gasteiger partial charge in [-0.3, -0.25) is 4.79 Å². The number of para-hydroxylation sites is 1. The summed E-state index contributed by atoms with van der Waals surface area (Å²) in [5, 5.41) is 0.547. The minimum atomic E-state index is 0.163. The Hall–Kier alpha value is -1.00. The first kappa shape index (κ1) is 14.4. The first-order chi connectivity index (χ1) is 9.22. The number of nitrogens with zero attached hydrogens (tertiary/aromatic N) is 1. The molecule has 4 heteroatoms. The fourth-order valence-corrected chi connectivity index (χ4v) is 3.30. The molecule has 1 unspecified atom stereocenters. The number of hydrogen-bond acceptors (Lipinski definition) is 3. The normalized spacial score (nSPS) is 18.8. The zero-order chi connectivity index (χ0) is 13.7. The van der Waals surface area contributed by atoms with Crippen molar-refractivity contribution in [1.29, 1.82) is 0 Å². The van der Waals surface area contributed by atoms with Gasteiger partial charge in [0.05, 0.1) is 18.7 Å². The summed E-state index contributed by atoms with van der Waals surface area (Å²) < 4.78 is 5.28. The molecule has 1 heterocycles. The number of anilines is 1. The van der Waals surface area contributed by atoms with E-state index in [-0.39, 0.29) is 5.91 Å². The van der Waals surface area contributed by atoms with Crippen molar-refractivity contribution in [3.8, 4) is 0 Å². The topological polar surface area (TPSA) is 29.5 Å². The summed E-state index contributed by atoms with van der Waals surface area (Å²) in [5.74, 6) is 0.163. The van der Waals surface area contributed by atoms with Crippen LogP contribution in [0.25, 0.3) is 0 Å². The molecule has 0 spiro atoms. The Bertz CT molecular complexity index is 436. The van der Waals surface area contributed by atoms with Gasteiger partial charge in [0.15, 0.2) is 0 Å². The van der Waals surface area contributed by atoms with Crippen molar-refractivity contribution in [2.24, 2.45) is 0 Å². The van der Waals surface area contributed by atoms with Gasteiger partial charge in [-0.25, -0.2) is 0 Å². The second-order valence-electron chi connectivity index (χ2n) is 4.68. The van der Waals surface area contributed by atoms with E-state index in [1.54, 1.807) is 0 Å². The maximum Gasteiger partial charge on any atom is 0.229 e. The molecule has 0 bridgehead atoms. The Balaban J connectivity index is 2.14. The maximum atomic E-state index is 12.3. The van der Waals surface area contributed by atoms with E-state index >= 15 is 0 Å². The minimum Gasteiger partial charge on any atom is -0.381 e. The van der Waals surface area contributed by atoms with Crippen molar-refractivity contribution in [2.45, 2.75) is 36.8 Å². The number of amides is 1. The first-order valence-corrected chi connectivity index (χ1v) is 7.74. The van der Waals surface area contributed by atoms with E-state index in [1.165, 1.54) is 4.90 Å². The number of fused-ring (bicyclic) bond motifs is 1. The van der Waals surface area contributed by atoms with Gasteiger partial charge in [-0.1, -0.05) is 19.1 Å². The van der Waals surface area contributed by atoms with Crippen molar-refractivity contribution < 1.29 is 9.53 Å². The number of carbonyl (C=O) groups is 1. The molecule has 0 aliphatic carbocycles. The monoisotopic (exact) mass is 279 g/mol. The lowest BCUT2D eigenvalue weighted by Gasteiger charge is -2.22. The predicted octanol–water partition coefficient (Wildman–Crippen LogP) is 3.33. The van der Waals surface area contributed by atoms with Crippen LogP contribution in [0, 0.1) is 0 Å². The van der Waals surface area contributed by atoms with Crippen molar-refractivity contribution in [3.05, 3.63) is 24.3 Å². The molecular weight excluding hydrogens is 258 g/mol. The zero-order valence-corrected chi connectivity index (χ0v) is 12.4. The lowest BCUT2D eigenvalue weighted by Crippen LogP contribution is -2.32. The van der Waals surface area contributed by atoms with Crippen molar-refractivity contribution in [3.63, 3.8) is 0 Å². The average molecular weight is 279 g/mol. The third-order valence-electron chi connectivity index (χ3n) is 3.21. The third-order valence-corrected chi connectivity index (χ3v) is 4.45. The molecule has 0 aromatic heterocycles. The molecule has 1 aromatic rings. The number of hydrogen-bond donors (Lipinski definition) is 0. The summed E-state index contributed by atoms with van der Waals surface area (Å²) in [5.41, 5.74) is 1.05. The number of carbonyl (C=O) groups excluding carboxylic acids is 1. The van der Waals surface area contributed by atoms with E-state index in [0.29, 0.717) is 24.9 Å². The fraction of sp³-hybridized carbons (Fsp3) is 0.533. The number of benzene rings is 1. The van der Waals surface area contributed by atoms with Crippen LogP contribution >= 0.6 is 11.8 Å². The van der Waals surface area contributed by atoms with Gasteiger partial charge < -0.3 is 9.64 Å². The van der Waals surface area contributed by atoms with Gasteiger partial charge in [-0.2, -0.15) is 0 Å². The second kappa shape index (κ2) is 6.96. The van der Waals surface area contributed by atoms with Crippen molar-refractivity contribution in [1.82, 2.24) is 0 Å². The van der Waals surface area contributed by atoms with Crippen LogP contribution in [0.3, 0.4) is 0 Å². The zero-order valence-electron chi connectivity index (χ0n) is 11.6. The summed E-state index contributed by atoms with van der Waals surface area (Å²) >= 11 is 1.86. The van der Waals surface area contributed by atoms with Gasteiger partial charge >= 0.3 is 0 Å². The quantitative estimate of drug-likeness (QED) is 0.792. The molecular formula is C15H21NO2S. The summed E-state index contributed by atoms with van der Waals surface area (Å²) in [6, 6.07) is 8.18. The molecule has 0 radical (unpaired) electrons. The minimum absolute atomic E-state index is 0.163. The smallest absolute Gasteiger partial charge is 0.229 e. The fourth-order valence-electron chi connectivity index (χ4n) is 2.18. The molecule has 1 aliphatic rings. The first-order valence-electron chi connectivity index (χ1n) is 6.86. The summed E-state index contributed by atoms with van der Waals surface area (Å²) in [6.45, 7) is 6.14. The molecule has 104 valence electrons. The Morgan fingerprint density at radius 1 is 1.47 bits per heavy atom. The largest absolute Gasteiger partial charge is 0.381 e. The van der Waals surface area contributed by atoms with Gasteiger partial charge in [0.25, 0.3) is 0 Å². The summed E-state index contributed by atoms with van der Waals surface area (Å²) in [4.78, 5) is 15.5. The van der Waals surface area contributed by atoms with Crippen molar-refractivity contribution in [2.75, 3.05) is 24.7 Å². The Kier molecular flexibility index (Phi) is 5.28. The van der Waals surface area contributed by atoms with Gasteiger partial charge in [-0.15, -0.1) is 11.8 Å². The van der Waals surface area contributed by atoms with Gasteiger partial charge in [0, 0.05) is 23.3 Å². The lowest BCUT2D eigenvalue weighted by atomic mass is 10.2. The molecule has 0 N–H and O–H groups in total. The van der Waals surface area contributed by atoms with Crippen LogP contribution in [0.5, 0.6) is 0 Å². The number of rotatable bonds is 4. The van der Waals surface area contributed by atoms with E-state index in [9.17, 15) is 4.79 Å². The molecule has 1 amide bonds. The Morgan fingerprint density at radius 2 is 2.26 bits per heavy atom. The number of thioether (sulfide) groups is 1. The van der Waals surface area contributed by atoms with E-state index in [1.807, 2.05) is 41.8 Å². The molecule has 3 nitrogen and oxygen atoms in total. The van der Waals surface area contributed by atoms with E-state index in [4.69, 9.17) is 4.74 Å². The highest BCUT2D eigenvalue weighted by molar-refractivity contribution is 8.00. The highest BCUT2D eigenvalue weighted by Gasteiger charge is 2.23. The van der Waals surface area contributed by atoms with Crippen LogP contribution in [-0.4, -0.2) is 30.9 Å². The molecule has 0 fully saturated rings. The highest BCUT2D eigenvalue weighted by atomic mass is 32.2. The molecule has 19 heavy (non-hydrogen) atoms. The molecule has 2 rings (SSSR count). The summed E-state index contributed by atoms with van der Waals surface area (Å²) in [7, 11) is 0. The molecule has 1 atom stereocenters. The lowest BCUT2D eigenvalue weighted by molar-refractivity contribution is -0.119. The van der Waals surface area contributed by atoms with Crippen LogP contribution in [-0.2, 0) is 9.53 Å². The van der Waals surface area contributed by atoms with E-state index in [0.717, 1.165) is 18.7 Å². The van der Waals surface area contributed by atoms with Crippen LogP contribution in [0.2, 0.25) is 0 Å². The van der Waals surface area contributed by atoms with Gasteiger partial charge in [0.2, 0.25) is 5.91 Å². The Morgan fingerprint density at radius 3 is 3.05 bits per heavy atom. The average Bonchev–Trinajstić information content (AvgIpc) is 2.57. The van der Waals surface area contributed by atoms with Crippen molar-refractivity contribution >= 4 is 23.4 Å². The van der Waals surface area contributed by atoms with Crippen LogP contribution in [0.15, 0.2) is 29.2 Å². The second-order valence-corrected chi connectivity index (χ2v) is 6.16. The van der Waals surface area contributed by atoms with Crippen LogP contribution in [0.1, 0.15) is 26.7 Å². The molecule has 1 aliphatic heterocycles. The molecule has 1 aromatic carbocycles. The SMILES string of the molecule is CCOCCC(=O)N1CCC(C)Sc2ccccc21.